The third-order valence-corrected chi connectivity index (χ3v) is 2.33. The van der Waals surface area contributed by atoms with Crippen molar-refractivity contribution in [3.8, 4) is 0 Å². The first-order valence-corrected chi connectivity index (χ1v) is 4.30. The molecule has 5 N–H and O–H groups in total. The molecule has 0 aromatic heterocycles. The molecule has 0 amide bonds. The molecule has 0 saturated heterocycles. The summed E-state index contributed by atoms with van der Waals surface area (Å²) in [6.07, 6.45) is 0. The minimum absolute atomic E-state index is 0.131. The highest BCUT2D eigenvalue weighted by Gasteiger charge is 2.20. The predicted molar refractivity (Wildman–Crippen MR) is 54.5 cm³/mol. The van der Waals surface area contributed by atoms with E-state index >= 15 is 0 Å². The molecule has 1 atom stereocenters. The van der Waals surface area contributed by atoms with Gasteiger partial charge in [0.05, 0.1) is 22.9 Å². The molecule has 1 aromatic rings. The number of anilines is 1. The monoisotopic (exact) mass is 200 g/mol. The van der Waals surface area contributed by atoms with E-state index < -0.39 is 5.54 Å². The van der Waals surface area contributed by atoms with E-state index in [0.717, 1.165) is 5.56 Å². The zero-order valence-electron chi connectivity index (χ0n) is 7.42. The molecule has 4 heteroatoms. The van der Waals surface area contributed by atoms with Crippen LogP contribution in [-0.4, -0.2) is 11.7 Å². The number of halogens is 1. The van der Waals surface area contributed by atoms with E-state index in [9.17, 15) is 0 Å². The lowest BCUT2D eigenvalue weighted by Crippen LogP contribution is -2.36. The molecular weight excluding hydrogens is 188 g/mol. The third kappa shape index (κ3) is 2.12. The van der Waals surface area contributed by atoms with Crippen LogP contribution in [0.25, 0.3) is 0 Å². The van der Waals surface area contributed by atoms with Crippen LogP contribution in [0.2, 0.25) is 5.02 Å². The van der Waals surface area contributed by atoms with E-state index in [-0.39, 0.29) is 6.61 Å². The molecule has 0 fully saturated rings. The predicted octanol–water partition coefficient (Wildman–Crippen LogP) is 1.09. The van der Waals surface area contributed by atoms with Gasteiger partial charge in [-0.2, -0.15) is 0 Å². The van der Waals surface area contributed by atoms with Gasteiger partial charge in [0, 0.05) is 0 Å². The first-order valence-electron chi connectivity index (χ1n) is 3.92. The van der Waals surface area contributed by atoms with Crippen molar-refractivity contribution in [2.45, 2.75) is 12.5 Å². The fourth-order valence-corrected chi connectivity index (χ4v) is 1.11. The van der Waals surface area contributed by atoms with Crippen LogP contribution in [0.4, 0.5) is 5.69 Å². The second kappa shape index (κ2) is 3.54. The van der Waals surface area contributed by atoms with Crippen molar-refractivity contribution in [3.63, 3.8) is 0 Å². The Labute approximate surface area is 82.3 Å². The molecule has 3 nitrogen and oxygen atoms in total. The van der Waals surface area contributed by atoms with Crippen molar-refractivity contribution < 1.29 is 5.11 Å². The van der Waals surface area contributed by atoms with E-state index in [1.165, 1.54) is 0 Å². The molecular formula is C9H13ClN2O. The molecule has 0 unspecified atom stereocenters. The average molecular weight is 201 g/mol. The molecule has 0 bridgehead atoms. The van der Waals surface area contributed by atoms with Crippen LogP contribution in [0.5, 0.6) is 0 Å². The smallest absolute Gasteiger partial charge is 0.0650 e. The summed E-state index contributed by atoms with van der Waals surface area (Å²) in [7, 11) is 0. The lowest BCUT2D eigenvalue weighted by Gasteiger charge is -2.22. The Hall–Kier alpha value is -0.770. The van der Waals surface area contributed by atoms with E-state index in [4.69, 9.17) is 28.2 Å². The highest BCUT2D eigenvalue weighted by Crippen LogP contribution is 2.24. The number of nitrogen functional groups attached to an aromatic ring is 1. The van der Waals surface area contributed by atoms with Gasteiger partial charge in [0.1, 0.15) is 0 Å². The van der Waals surface area contributed by atoms with Crippen LogP contribution >= 0.6 is 11.6 Å². The number of aliphatic hydroxyl groups excluding tert-OH is 1. The maximum atomic E-state index is 9.01. The van der Waals surface area contributed by atoms with Crippen molar-refractivity contribution in [2.75, 3.05) is 12.3 Å². The summed E-state index contributed by atoms with van der Waals surface area (Å²) in [5, 5.41) is 9.51. The molecule has 72 valence electrons. The summed E-state index contributed by atoms with van der Waals surface area (Å²) in [4.78, 5) is 0. The van der Waals surface area contributed by atoms with Crippen LogP contribution in [-0.2, 0) is 5.54 Å². The SMILES string of the molecule is C[C@@](N)(CO)c1ccc(Cl)c(N)c1. The van der Waals surface area contributed by atoms with Gasteiger partial charge in [-0.25, -0.2) is 0 Å². The van der Waals surface area contributed by atoms with E-state index in [2.05, 4.69) is 0 Å². The fraction of sp³-hybridized carbons (Fsp3) is 0.333. The molecule has 0 saturated carbocycles. The second-order valence-electron chi connectivity index (χ2n) is 3.31. The molecule has 1 rings (SSSR count). The topological polar surface area (TPSA) is 72.3 Å². The van der Waals surface area contributed by atoms with Crippen LogP contribution in [0.3, 0.4) is 0 Å². The molecule has 0 radical (unpaired) electrons. The zero-order chi connectivity index (χ0) is 10.1. The standard InChI is InChI=1S/C9H13ClN2O/c1-9(12,5-13)6-2-3-7(10)8(11)4-6/h2-4,13H,5,11-12H2,1H3/t9-/m1/s1. The number of benzene rings is 1. The number of aliphatic hydroxyl groups is 1. The van der Waals surface area contributed by atoms with Crippen LogP contribution < -0.4 is 11.5 Å². The number of rotatable bonds is 2. The summed E-state index contributed by atoms with van der Waals surface area (Å²) >= 11 is 5.75. The minimum atomic E-state index is -0.765. The highest BCUT2D eigenvalue weighted by molar-refractivity contribution is 6.33. The lowest BCUT2D eigenvalue weighted by molar-refractivity contribution is 0.210. The van der Waals surface area contributed by atoms with Gasteiger partial charge < -0.3 is 16.6 Å². The zero-order valence-corrected chi connectivity index (χ0v) is 8.17. The molecule has 0 aliphatic heterocycles. The third-order valence-electron chi connectivity index (χ3n) is 1.98. The molecule has 1 aromatic carbocycles. The van der Waals surface area contributed by atoms with Gasteiger partial charge in [0.15, 0.2) is 0 Å². The maximum absolute atomic E-state index is 9.01. The van der Waals surface area contributed by atoms with Gasteiger partial charge in [-0.15, -0.1) is 0 Å². The first-order chi connectivity index (χ1) is 5.97. The Bertz CT molecular complexity index is 312. The van der Waals surface area contributed by atoms with Crippen molar-refractivity contribution in [3.05, 3.63) is 28.8 Å². The van der Waals surface area contributed by atoms with E-state index in [1.54, 1.807) is 25.1 Å². The van der Waals surface area contributed by atoms with Gasteiger partial charge in [-0.3, -0.25) is 0 Å². The second-order valence-corrected chi connectivity index (χ2v) is 3.72. The fourth-order valence-electron chi connectivity index (χ4n) is 0.990. The van der Waals surface area contributed by atoms with Crippen molar-refractivity contribution in [2.24, 2.45) is 5.73 Å². The largest absolute Gasteiger partial charge is 0.398 e. The summed E-state index contributed by atoms with van der Waals surface area (Å²) in [6.45, 7) is 1.60. The van der Waals surface area contributed by atoms with Gasteiger partial charge in [-0.05, 0) is 24.6 Å². The van der Waals surface area contributed by atoms with Gasteiger partial charge in [0.2, 0.25) is 0 Å². The van der Waals surface area contributed by atoms with E-state index in [1.807, 2.05) is 0 Å². The average Bonchev–Trinajstić information content (AvgIpc) is 2.09. The Kier molecular flexibility index (Phi) is 2.81. The quantitative estimate of drug-likeness (QED) is 0.626. The lowest BCUT2D eigenvalue weighted by atomic mass is 9.94. The number of hydrogen-bond acceptors (Lipinski definition) is 3. The normalized spacial score (nSPS) is 15.4. The van der Waals surface area contributed by atoms with Crippen LogP contribution in [0, 0.1) is 0 Å². The molecule has 0 aliphatic rings. The summed E-state index contributed by atoms with van der Waals surface area (Å²) in [6, 6.07) is 5.11. The van der Waals surface area contributed by atoms with Crippen LogP contribution in [0.1, 0.15) is 12.5 Å². The summed E-state index contributed by atoms with van der Waals surface area (Å²) < 4.78 is 0. The molecule has 0 spiro atoms. The Morgan fingerprint density at radius 1 is 1.54 bits per heavy atom. The Balaban J connectivity index is 3.10. The van der Waals surface area contributed by atoms with Crippen LogP contribution in [0.15, 0.2) is 18.2 Å². The van der Waals surface area contributed by atoms with Crippen molar-refractivity contribution in [1.29, 1.82) is 0 Å². The van der Waals surface area contributed by atoms with Gasteiger partial charge >= 0.3 is 0 Å². The molecule has 13 heavy (non-hydrogen) atoms. The Morgan fingerprint density at radius 3 is 2.62 bits per heavy atom. The van der Waals surface area contributed by atoms with Crippen molar-refractivity contribution >= 4 is 17.3 Å². The minimum Gasteiger partial charge on any atom is -0.398 e. The maximum Gasteiger partial charge on any atom is 0.0650 e. The number of hydrogen-bond donors (Lipinski definition) is 3. The highest BCUT2D eigenvalue weighted by atomic mass is 35.5. The Morgan fingerprint density at radius 2 is 2.15 bits per heavy atom. The first kappa shape index (κ1) is 10.3. The van der Waals surface area contributed by atoms with E-state index in [0.29, 0.717) is 10.7 Å². The van der Waals surface area contributed by atoms with Crippen molar-refractivity contribution in [1.82, 2.24) is 0 Å². The van der Waals surface area contributed by atoms with Gasteiger partial charge in [0.25, 0.3) is 0 Å². The van der Waals surface area contributed by atoms with Gasteiger partial charge in [-0.1, -0.05) is 17.7 Å². The summed E-state index contributed by atoms with van der Waals surface area (Å²) in [5.41, 5.74) is 11.9. The number of nitrogens with two attached hydrogens (primary N) is 2. The summed E-state index contributed by atoms with van der Waals surface area (Å²) in [5.74, 6) is 0. The molecule has 0 aliphatic carbocycles. The molecule has 0 heterocycles.